The maximum absolute atomic E-state index is 13.3. The minimum absolute atomic E-state index is 0. The van der Waals surface area contributed by atoms with Crippen LogP contribution in [0.1, 0.15) is 41.0 Å². The Morgan fingerprint density at radius 2 is 1.90 bits per heavy atom. The van der Waals surface area contributed by atoms with Gasteiger partial charge in [0, 0.05) is 35.9 Å². The Labute approximate surface area is 178 Å². The molecule has 29 heavy (non-hydrogen) atoms. The minimum Gasteiger partial charge on any atom is -0.496 e. The van der Waals surface area contributed by atoms with Gasteiger partial charge < -0.3 is 14.8 Å². The fraction of sp³-hybridized carbons (Fsp3) is 0.458. The van der Waals surface area contributed by atoms with Crippen molar-refractivity contribution in [3.8, 4) is 5.75 Å². The molecule has 3 aliphatic carbocycles. The molecule has 6 rings (SSSR count). The molecule has 5 heteroatoms. The number of hydrogen-bond donors (Lipinski definition) is 1. The molecule has 0 spiro atoms. The molecule has 2 aromatic carbocycles. The fourth-order valence-corrected chi connectivity index (χ4v) is 6.61. The second-order valence-electron chi connectivity index (χ2n) is 8.57. The summed E-state index contributed by atoms with van der Waals surface area (Å²) in [4.78, 5) is 13.3. The van der Waals surface area contributed by atoms with Crippen molar-refractivity contribution in [3.05, 3.63) is 64.7 Å². The van der Waals surface area contributed by atoms with E-state index >= 15 is 0 Å². The van der Waals surface area contributed by atoms with Crippen LogP contribution in [0.5, 0.6) is 5.75 Å². The van der Waals surface area contributed by atoms with Crippen molar-refractivity contribution in [2.45, 2.75) is 31.1 Å². The molecule has 4 nitrogen and oxygen atoms in total. The van der Waals surface area contributed by atoms with Gasteiger partial charge in [0.25, 0.3) is 0 Å². The van der Waals surface area contributed by atoms with Gasteiger partial charge in [-0.25, -0.2) is 0 Å². The average Bonchev–Trinajstić information content (AvgIpc) is 3.21. The van der Waals surface area contributed by atoms with Crippen LogP contribution < -0.4 is 10.1 Å². The van der Waals surface area contributed by atoms with E-state index < -0.39 is 5.41 Å². The molecular formula is C24H28ClNO3. The van der Waals surface area contributed by atoms with Crippen molar-refractivity contribution in [1.29, 1.82) is 0 Å². The molecule has 0 aromatic heterocycles. The lowest BCUT2D eigenvalue weighted by molar-refractivity contribution is -0.161. The highest BCUT2D eigenvalue weighted by Gasteiger charge is 2.69. The first-order valence-corrected chi connectivity index (χ1v) is 10.1. The van der Waals surface area contributed by atoms with Gasteiger partial charge in [-0.05, 0) is 37.0 Å². The second kappa shape index (κ2) is 7.03. The normalized spacial score (nSPS) is 31.4. The van der Waals surface area contributed by atoms with Crippen LogP contribution in [0.25, 0.3) is 0 Å². The number of esters is 1. The van der Waals surface area contributed by atoms with Gasteiger partial charge >= 0.3 is 5.97 Å². The zero-order valence-electron chi connectivity index (χ0n) is 17.2. The molecule has 1 aliphatic heterocycles. The SMILES string of the molecule is COC(=O)C12CNCC1C1(c3ccc(C)cc3)CCC2c2c(OC)cccc21.Cl. The van der Waals surface area contributed by atoms with E-state index in [9.17, 15) is 4.79 Å². The predicted octanol–water partition coefficient (Wildman–Crippen LogP) is 3.98. The molecule has 4 aliphatic rings. The number of nitrogens with one attached hydrogen (secondary N) is 1. The van der Waals surface area contributed by atoms with Gasteiger partial charge in [0.05, 0.1) is 19.6 Å². The van der Waals surface area contributed by atoms with Gasteiger partial charge in [0.2, 0.25) is 0 Å². The lowest BCUT2D eigenvalue weighted by atomic mass is 9.42. The lowest BCUT2D eigenvalue weighted by Crippen LogP contribution is -2.60. The van der Waals surface area contributed by atoms with E-state index in [2.05, 4.69) is 48.6 Å². The summed E-state index contributed by atoms with van der Waals surface area (Å²) in [5, 5.41) is 3.56. The molecule has 1 saturated carbocycles. The average molecular weight is 414 g/mol. The molecular weight excluding hydrogens is 386 g/mol. The van der Waals surface area contributed by atoms with E-state index in [0.29, 0.717) is 6.54 Å². The number of halogens is 1. The maximum Gasteiger partial charge on any atom is 0.314 e. The second-order valence-corrected chi connectivity index (χ2v) is 8.57. The zero-order valence-corrected chi connectivity index (χ0v) is 18.0. The molecule has 2 bridgehead atoms. The number of benzene rings is 2. The zero-order chi connectivity index (χ0) is 19.5. The largest absolute Gasteiger partial charge is 0.496 e. The molecule has 0 amide bonds. The topological polar surface area (TPSA) is 47.6 Å². The molecule has 2 aromatic rings. The quantitative estimate of drug-likeness (QED) is 0.773. The summed E-state index contributed by atoms with van der Waals surface area (Å²) in [6, 6.07) is 15.3. The Morgan fingerprint density at radius 3 is 2.59 bits per heavy atom. The van der Waals surface area contributed by atoms with E-state index in [1.54, 1.807) is 7.11 Å². The summed E-state index contributed by atoms with van der Waals surface area (Å²) in [6.07, 6.45) is 2.01. The fourth-order valence-electron chi connectivity index (χ4n) is 6.61. The van der Waals surface area contributed by atoms with Crippen LogP contribution in [0.3, 0.4) is 0 Å². The van der Waals surface area contributed by atoms with E-state index in [-0.39, 0.29) is 35.6 Å². The van der Waals surface area contributed by atoms with Crippen LogP contribution in [-0.4, -0.2) is 33.3 Å². The molecule has 2 fully saturated rings. The molecule has 1 heterocycles. The third-order valence-corrected chi connectivity index (χ3v) is 7.68. The number of ether oxygens (including phenoxy) is 2. The summed E-state index contributed by atoms with van der Waals surface area (Å²) < 4.78 is 11.2. The third-order valence-electron chi connectivity index (χ3n) is 7.68. The number of hydrogen-bond acceptors (Lipinski definition) is 4. The van der Waals surface area contributed by atoms with Gasteiger partial charge in [0.15, 0.2) is 0 Å². The summed E-state index contributed by atoms with van der Waals surface area (Å²) in [6.45, 7) is 3.61. The minimum atomic E-state index is -0.542. The lowest BCUT2D eigenvalue weighted by Gasteiger charge is -2.59. The predicted molar refractivity (Wildman–Crippen MR) is 115 cm³/mol. The standard InChI is InChI=1S/C24H27NO3.ClH/c1-15-7-9-16(10-8-15)23-12-11-18(21-17(23)5-4-6-19(21)27-2)24(22(26)28-3)14-25-13-20(23)24;/h4-10,18,20,25H,11-14H2,1-3H3;1H. The van der Waals surface area contributed by atoms with E-state index in [1.165, 1.54) is 29.4 Å². The first-order chi connectivity index (χ1) is 13.6. The highest BCUT2D eigenvalue weighted by molar-refractivity contribution is 5.85. The van der Waals surface area contributed by atoms with Crippen LogP contribution >= 0.6 is 12.4 Å². The number of carbonyl (C=O) groups is 1. The number of carbonyl (C=O) groups excluding carboxylic acids is 1. The van der Waals surface area contributed by atoms with Crippen molar-refractivity contribution < 1.29 is 14.3 Å². The highest BCUT2D eigenvalue weighted by Crippen LogP contribution is 2.69. The highest BCUT2D eigenvalue weighted by atomic mass is 35.5. The van der Waals surface area contributed by atoms with Gasteiger partial charge in [-0.15, -0.1) is 12.4 Å². The van der Waals surface area contributed by atoms with Crippen molar-refractivity contribution in [3.63, 3.8) is 0 Å². The summed E-state index contributed by atoms with van der Waals surface area (Å²) >= 11 is 0. The van der Waals surface area contributed by atoms with Crippen LogP contribution in [-0.2, 0) is 14.9 Å². The Hall–Kier alpha value is -2.04. The van der Waals surface area contributed by atoms with Gasteiger partial charge in [-0.1, -0.05) is 42.0 Å². The summed E-state index contributed by atoms with van der Waals surface area (Å²) in [5.41, 5.74) is 4.35. The van der Waals surface area contributed by atoms with Crippen LogP contribution in [0.15, 0.2) is 42.5 Å². The Balaban J connectivity index is 0.00000205. The van der Waals surface area contributed by atoms with Crippen molar-refractivity contribution in [2.75, 3.05) is 27.3 Å². The van der Waals surface area contributed by atoms with Crippen LogP contribution in [0.2, 0.25) is 0 Å². The monoisotopic (exact) mass is 413 g/mol. The van der Waals surface area contributed by atoms with Crippen LogP contribution in [0.4, 0.5) is 0 Å². The molecule has 1 N–H and O–H groups in total. The van der Waals surface area contributed by atoms with Gasteiger partial charge in [-0.3, -0.25) is 4.79 Å². The van der Waals surface area contributed by atoms with Crippen molar-refractivity contribution in [1.82, 2.24) is 5.32 Å². The van der Waals surface area contributed by atoms with E-state index in [0.717, 1.165) is 25.1 Å². The summed E-state index contributed by atoms with van der Waals surface area (Å²) in [5.74, 6) is 1.11. The van der Waals surface area contributed by atoms with Gasteiger partial charge in [0.1, 0.15) is 5.75 Å². The maximum atomic E-state index is 13.3. The number of fused-ring (bicyclic) bond motifs is 1. The first kappa shape index (κ1) is 20.2. The number of rotatable bonds is 3. The summed E-state index contributed by atoms with van der Waals surface area (Å²) in [7, 11) is 3.25. The van der Waals surface area contributed by atoms with Crippen molar-refractivity contribution >= 4 is 18.4 Å². The van der Waals surface area contributed by atoms with Crippen LogP contribution in [0, 0.1) is 18.3 Å². The van der Waals surface area contributed by atoms with Crippen molar-refractivity contribution in [2.24, 2.45) is 11.3 Å². The molecule has 0 radical (unpaired) electrons. The molecule has 154 valence electrons. The van der Waals surface area contributed by atoms with Gasteiger partial charge in [-0.2, -0.15) is 0 Å². The molecule has 1 saturated heterocycles. The molecule has 4 atom stereocenters. The first-order valence-electron chi connectivity index (χ1n) is 10.1. The Bertz CT molecular complexity index is 944. The van der Waals surface area contributed by atoms with E-state index in [1.807, 2.05) is 6.07 Å². The smallest absolute Gasteiger partial charge is 0.314 e. The molecule has 4 unspecified atom stereocenters. The number of aryl methyl sites for hydroxylation is 1. The van der Waals surface area contributed by atoms with E-state index in [4.69, 9.17) is 9.47 Å². The Kier molecular flexibility index (Phi) is 4.91. The number of methoxy groups -OCH3 is 2. The third kappa shape index (κ3) is 2.39. The Morgan fingerprint density at radius 1 is 1.14 bits per heavy atom.